The van der Waals surface area contributed by atoms with Crippen LogP contribution in [0.1, 0.15) is 34.8 Å². The fraction of sp³-hybridized carbons (Fsp3) is 0.263. The lowest BCUT2D eigenvalue weighted by atomic mass is 10.0. The van der Waals surface area contributed by atoms with E-state index in [0.29, 0.717) is 18.5 Å². The zero-order valence-electron chi connectivity index (χ0n) is 12.9. The third-order valence-electron chi connectivity index (χ3n) is 3.60. The van der Waals surface area contributed by atoms with Gasteiger partial charge in [0.25, 0.3) is 5.91 Å². The Morgan fingerprint density at radius 1 is 0.955 bits per heavy atom. The maximum atomic E-state index is 12.2. The molecule has 114 valence electrons. The summed E-state index contributed by atoms with van der Waals surface area (Å²) in [5.74, 6) is -0.230. The van der Waals surface area contributed by atoms with Crippen molar-refractivity contribution >= 4 is 12.3 Å². The van der Waals surface area contributed by atoms with E-state index >= 15 is 0 Å². The van der Waals surface area contributed by atoms with Gasteiger partial charge in [-0.05, 0) is 42.5 Å². The molecule has 0 atom stereocenters. The Balaban J connectivity index is 1.98. The smallest absolute Gasteiger partial charge is 0.260 e. The van der Waals surface area contributed by atoms with Gasteiger partial charge in [-0.15, -0.1) is 0 Å². The summed E-state index contributed by atoms with van der Waals surface area (Å²) in [5.41, 5.74) is 3.05. The number of hydrogen-bond acceptors (Lipinski definition) is 2. The van der Waals surface area contributed by atoms with Gasteiger partial charge in [0, 0.05) is 12.1 Å². The Bertz CT molecular complexity index is 605. The van der Waals surface area contributed by atoms with Crippen LogP contribution < -0.4 is 0 Å². The van der Waals surface area contributed by atoms with Gasteiger partial charge >= 0.3 is 0 Å². The number of amides is 2. The highest BCUT2D eigenvalue weighted by Gasteiger charge is 2.13. The van der Waals surface area contributed by atoms with Gasteiger partial charge in [0.05, 0.1) is 0 Å². The van der Waals surface area contributed by atoms with Gasteiger partial charge in [-0.25, -0.2) is 0 Å². The van der Waals surface area contributed by atoms with Gasteiger partial charge in [0.15, 0.2) is 0 Å². The Hall–Kier alpha value is -2.42. The highest BCUT2D eigenvalue weighted by Crippen LogP contribution is 2.11. The summed E-state index contributed by atoms with van der Waals surface area (Å²) in [7, 11) is 0. The summed E-state index contributed by atoms with van der Waals surface area (Å²) in [6, 6.07) is 17.9. The topological polar surface area (TPSA) is 37.4 Å². The number of aryl methyl sites for hydroxylation is 2. The number of rotatable bonds is 7. The first-order valence-corrected chi connectivity index (χ1v) is 7.63. The van der Waals surface area contributed by atoms with Crippen molar-refractivity contribution in [3.63, 3.8) is 0 Å². The molecule has 0 N–H and O–H groups in total. The summed E-state index contributed by atoms with van der Waals surface area (Å²) < 4.78 is 0. The standard InChI is InChI=1S/C19H21NO2/c1-2-14-20(15-21)19(22)18-12-10-17(11-13-18)9-8-16-6-4-3-5-7-16/h3-7,10-13,15H,2,8-9,14H2,1H3. The van der Waals surface area contributed by atoms with Crippen LogP contribution in [0.15, 0.2) is 54.6 Å². The quantitative estimate of drug-likeness (QED) is 0.733. The molecule has 0 radical (unpaired) electrons. The fourth-order valence-electron chi connectivity index (χ4n) is 2.36. The number of nitrogens with zero attached hydrogens (tertiary/aromatic N) is 1. The van der Waals surface area contributed by atoms with E-state index in [1.54, 1.807) is 12.1 Å². The van der Waals surface area contributed by atoms with Crippen molar-refractivity contribution < 1.29 is 9.59 Å². The molecule has 0 aliphatic carbocycles. The lowest BCUT2D eigenvalue weighted by Crippen LogP contribution is -2.30. The number of carbonyl (C=O) groups excluding carboxylic acids is 2. The predicted octanol–water partition coefficient (Wildman–Crippen LogP) is 3.48. The van der Waals surface area contributed by atoms with Crippen molar-refractivity contribution in [2.24, 2.45) is 0 Å². The Morgan fingerprint density at radius 2 is 1.55 bits per heavy atom. The molecule has 3 nitrogen and oxygen atoms in total. The SMILES string of the molecule is CCCN(C=O)C(=O)c1ccc(CCc2ccccc2)cc1. The minimum atomic E-state index is -0.230. The molecule has 0 aliphatic heterocycles. The van der Waals surface area contributed by atoms with Crippen LogP contribution in [0.4, 0.5) is 0 Å². The van der Waals surface area contributed by atoms with Crippen LogP contribution in [0.3, 0.4) is 0 Å². The van der Waals surface area contributed by atoms with Gasteiger partial charge in [0.2, 0.25) is 6.41 Å². The van der Waals surface area contributed by atoms with E-state index in [9.17, 15) is 9.59 Å². The van der Waals surface area contributed by atoms with Gasteiger partial charge in [-0.1, -0.05) is 49.4 Å². The monoisotopic (exact) mass is 295 g/mol. The van der Waals surface area contributed by atoms with Crippen LogP contribution >= 0.6 is 0 Å². The van der Waals surface area contributed by atoms with E-state index in [4.69, 9.17) is 0 Å². The molecule has 2 amide bonds. The number of benzene rings is 2. The second-order valence-electron chi connectivity index (χ2n) is 5.29. The highest BCUT2D eigenvalue weighted by molar-refractivity contribution is 5.99. The fourth-order valence-corrected chi connectivity index (χ4v) is 2.36. The molecule has 0 aromatic heterocycles. The van der Waals surface area contributed by atoms with Gasteiger partial charge in [-0.3, -0.25) is 14.5 Å². The van der Waals surface area contributed by atoms with Crippen LogP contribution in [-0.2, 0) is 17.6 Å². The van der Waals surface area contributed by atoms with E-state index in [1.165, 1.54) is 16.0 Å². The van der Waals surface area contributed by atoms with Crippen molar-refractivity contribution in [3.8, 4) is 0 Å². The van der Waals surface area contributed by atoms with E-state index in [0.717, 1.165) is 19.3 Å². The van der Waals surface area contributed by atoms with Crippen molar-refractivity contribution in [3.05, 3.63) is 71.3 Å². The van der Waals surface area contributed by atoms with Crippen molar-refractivity contribution in [1.29, 1.82) is 0 Å². The molecule has 0 saturated heterocycles. The van der Waals surface area contributed by atoms with Gasteiger partial charge < -0.3 is 0 Å². The minimum absolute atomic E-state index is 0.230. The summed E-state index contributed by atoms with van der Waals surface area (Å²) in [5, 5.41) is 0. The van der Waals surface area contributed by atoms with E-state index in [2.05, 4.69) is 12.1 Å². The first kappa shape index (κ1) is 16.0. The van der Waals surface area contributed by atoms with Crippen molar-refractivity contribution in [2.75, 3.05) is 6.54 Å². The van der Waals surface area contributed by atoms with Crippen LogP contribution in [-0.4, -0.2) is 23.8 Å². The predicted molar refractivity (Wildman–Crippen MR) is 87.7 cm³/mol. The molecule has 0 unspecified atom stereocenters. The van der Waals surface area contributed by atoms with E-state index in [1.807, 2.05) is 37.3 Å². The lowest BCUT2D eigenvalue weighted by Gasteiger charge is -2.14. The van der Waals surface area contributed by atoms with Gasteiger partial charge in [0.1, 0.15) is 0 Å². The normalized spacial score (nSPS) is 10.2. The summed E-state index contributed by atoms with van der Waals surface area (Å²) in [4.78, 5) is 24.3. The maximum Gasteiger partial charge on any atom is 0.260 e. The average Bonchev–Trinajstić information content (AvgIpc) is 2.58. The van der Waals surface area contributed by atoms with Gasteiger partial charge in [-0.2, -0.15) is 0 Å². The highest BCUT2D eigenvalue weighted by atomic mass is 16.2. The zero-order valence-corrected chi connectivity index (χ0v) is 12.9. The third-order valence-corrected chi connectivity index (χ3v) is 3.60. The number of imide groups is 1. The second kappa shape index (κ2) is 8.13. The van der Waals surface area contributed by atoms with E-state index in [-0.39, 0.29) is 5.91 Å². The molecule has 2 aromatic carbocycles. The van der Waals surface area contributed by atoms with Crippen LogP contribution in [0.5, 0.6) is 0 Å². The molecule has 22 heavy (non-hydrogen) atoms. The van der Waals surface area contributed by atoms with Crippen LogP contribution in [0.2, 0.25) is 0 Å². The average molecular weight is 295 g/mol. The molecular weight excluding hydrogens is 274 g/mol. The number of carbonyl (C=O) groups is 2. The molecule has 0 aliphatic rings. The molecule has 0 heterocycles. The molecule has 0 bridgehead atoms. The molecule has 2 aromatic rings. The number of hydrogen-bond donors (Lipinski definition) is 0. The Kier molecular flexibility index (Phi) is 5.90. The molecular formula is C19H21NO2. The minimum Gasteiger partial charge on any atom is -0.281 e. The summed E-state index contributed by atoms with van der Waals surface area (Å²) in [6.45, 7) is 2.40. The first-order valence-electron chi connectivity index (χ1n) is 7.63. The van der Waals surface area contributed by atoms with Crippen molar-refractivity contribution in [1.82, 2.24) is 4.90 Å². The maximum absolute atomic E-state index is 12.2. The summed E-state index contributed by atoms with van der Waals surface area (Å²) in [6.07, 6.45) is 3.28. The molecule has 3 heteroatoms. The zero-order chi connectivity index (χ0) is 15.8. The molecule has 0 spiro atoms. The molecule has 2 rings (SSSR count). The van der Waals surface area contributed by atoms with Crippen LogP contribution in [0.25, 0.3) is 0 Å². The molecule has 0 fully saturated rings. The summed E-state index contributed by atoms with van der Waals surface area (Å²) >= 11 is 0. The Labute approximate surface area is 131 Å². The van der Waals surface area contributed by atoms with Crippen LogP contribution in [0, 0.1) is 0 Å². The second-order valence-corrected chi connectivity index (χ2v) is 5.29. The third kappa shape index (κ3) is 4.29. The van der Waals surface area contributed by atoms with Crippen molar-refractivity contribution in [2.45, 2.75) is 26.2 Å². The first-order chi connectivity index (χ1) is 10.7. The van der Waals surface area contributed by atoms with E-state index < -0.39 is 0 Å². The lowest BCUT2D eigenvalue weighted by molar-refractivity contribution is -0.116. The molecule has 0 saturated carbocycles. The largest absolute Gasteiger partial charge is 0.281 e. The Morgan fingerprint density at radius 3 is 2.09 bits per heavy atom.